The number of phenols is 1. The Morgan fingerprint density at radius 3 is 2.68 bits per heavy atom. The third-order valence-corrected chi connectivity index (χ3v) is 3.46. The SMILES string of the molecule is Cl.O=C(NCCc1ccc(C(F)(F)F)c(O)c1)C1CCCN1. The van der Waals surface area contributed by atoms with Crippen molar-refractivity contribution in [1.29, 1.82) is 0 Å². The topological polar surface area (TPSA) is 61.4 Å². The number of halogens is 4. The summed E-state index contributed by atoms with van der Waals surface area (Å²) >= 11 is 0. The molecule has 0 radical (unpaired) electrons. The number of carbonyl (C=O) groups excluding carboxylic acids is 1. The second kappa shape index (κ2) is 7.69. The second-order valence-electron chi connectivity index (χ2n) is 5.04. The van der Waals surface area contributed by atoms with Gasteiger partial charge in [-0.3, -0.25) is 4.79 Å². The van der Waals surface area contributed by atoms with Crippen LogP contribution in [0.3, 0.4) is 0 Å². The maximum Gasteiger partial charge on any atom is 0.419 e. The Morgan fingerprint density at radius 1 is 1.41 bits per heavy atom. The highest BCUT2D eigenvalue weighted by molar-refractivity contribution is 5.85. The van der Waals surface area contributed by atoms with E-state index >= 15 is 0 Å². The molecule has 1 heterocycles. The first-order valence-electron chi connectivity index (χ1n) is 6.78. The van der Waals surface area contributed by atoms with Crippen LogP contribution in [0.1, 0.15) is 24.0 Å². The van der Waals surface area contributed by atoms with E-state index in [0.717, 1.165) is 31.5 Å². The Bertz CT molecular complexity index is 517. The van der Waals surface area contributed by atoms with Gasteiger partial charge in [0.2, 0.25) is 5.91 Å². The van der Waals surface area contributed by atoms with E-state index in [4.69, 9.17) is 0 Å². The Labute approximate surface area is 132 Å². The Morgan fingerprint density at radius 2 is 2.14 bits per heavy atom. The normalized spacial score (nSPS) is 17.9. The van der Waals surface area contributed by atoms with E-state index in [-0.39, 0.29) is 24.4 Å². The molecule has 0 saturated carbocycles. The minimum Gasteiger partial charge on any atom is -0.507 e. The molecule has 1 fully saturated rings. The van der Waals surface area contributed by atoms with Crippen molar-refractivity contribution in [2.45, 2.75) is 31.5 Å². The second-order valence-corrected chi connectivity index (χ2v) is 5.04. The minimum atomic E-state index is -4.56. The van der Waals surface area contributed by atoms with Crippen LogP contribution in [0.2, 0.25) is 0 Å². The number of rotatable bonds is 4. The molecule has 1 aromatic rings. The van der Waals surface area contributed by atoms with E-state index in [9.17, 15) is 23.1 Å². The molecule has 1 saturated heterocycles. The van der Waals surface area contributed by atoms with Crippen LogP contribution in [-0.4, -0.2) is 30.1 Å². The molecule has 1 aliphatic heterocycles. The highest BCUT2D eigenvalue weighted by atomic mass is 35.5. The van der Waals surface area contributed by atoms with Crippen LogP contribution in [0.15, 0.2) is 18.2 Å². The van der Waals surface area contributed by atoms with E-state index in [1.807, 2.05) is 0 Å². The molecule has 2 rings (SSSR count). The van der Waals surface area contributed by atoms with Crippen molar-refractivity contribution in [2.24, 2.45) is 0 Å². The lowest BCUT2D eigenvalue weighted by molar-refractivity contribution is -0.138. The predicted molar refractivity (Wildman–Crippen MR) is 78.1 cm³/mol. The number of amides is 1. The zero-order valence-electron chi connectivity index (χ0n) is 11.7. The van der Waals surface area contributed by atoms with Gasteiger partial charge in [-0.1, -0.05) is 6.07 Å². The molecule has 8 heteroatoms. The van der Waals surface area contributed by atoms with Crippen LogP contribution < -0.4 is 10.6 Å². The summed E-state index contributed by atoms with van der Waals surface area (Å²) in [4.78, 5) is 11.7. The van der Waals surface area contributed by atoms with E-state index in [2.05, 4.69) is 10.6 Å². The van der Waals surface area contributed by atoms with Gasteiger partial charge in [-0.05, 0) is 43.5 Å². The van der Waals surface area contributed by atoms with Gasteiger partial charge in [-0.2, -0.15) is 13.2 Å². The van der Waals surface area contributed by atoms with Gasteiger partial charge in [0, 0.05) is 6.54 Å². The molecule has 1 aromatic carbocycles. The lowest BCUT2D eigenvalue weighted by Crippen LogP contribution is -2.41. The fourth-order valence-corrected chi connectivity index (χ4v) is 2.33. The molecule has 1 aliphatic rings. The number of hydrogen-bond acceptors (Lipinski definition) is 3. The standard InChI is InChI=1S/C14H17F3N2O2.ClH/c15-14(16,17)10-4-3-9(8-12(10)20)5-7-19-13(21)11-2-1-6-18-11;/h3-4,8,11,18,20H,1-2,5-7H2,(H,19,21);1H. The number of aromatic hydroxyl groups is 1. The largest absolute Gasteiger partial charge is 0.507 e. The fourth-order valence-electron chi connectivity index (χ4n) is 2.33. The van der Waals surface area contributed by atoms with Gasteiger partial charge >= 0.3 is 6.18 Å². The molecule has 1 atom stereocenters. The summed E-state index contributed by atoms with van der Waals surface area (Å²) in [5.41, 5.74) is -0.509. The molecule has 0 aliphatic carbocycles. The Kier molecular flexibility index (Phi) is 6.49. The average molecular weight is 339 g/mol. The van der Waals surface area contributed by atoms with Gasteiger partial charge in [0.1, 0.15) is 5.75 Å². The molecule has 0 spiro atoms. The van der Waals surface area contributed by atoms with Crippen molar-refractivity contribution in [2.75, 3.05) is 13.1 Å². The van der Waals surface area contributed by atoms with E-state index in [1.165, 1.54) is 6.07 Å². The Hall–Kier alpha value is -1.47. The third-order valence-electron chi connectivity index (χ3n) is 3.46. The first-order valence-corrected chi connectivity index (χ1v) is 6.78. The molecular formula is C14H18ClF3N2O2. The third kappa shape index (κ3) is 4.78. The van der Waals surface area contributed by atoms with E-state index in [1.54, 1.807) is 0 Å². The Balaban J connectivity index is 0.00000242. The van der Waals surface area contributed by atoms with Crippen LogP contribution in [0.4, 0.5) is 13.2 Å². The van der Waals surface area contributed by atoms with Crippen molar-refractivity contribution < 1.29 is 23.1 Å². The van der Waals surface area contributed by atoms with Crippen molar-refractivity contribution in [3.8, 4) is 5.75 Å². The molecule has 4 nitrogen and oxygen atoms in total. The van der Waals surface area contributed by atoms with Crippen LogP contribution in [0.5, 0.6) is 5.75 Å². The summed E-state index contributed by atoms with van der Waals surface area (Å²) in [5, 5.41) is 15.2. The molecule has 1 amide bonds. The molecule has 0 aromatic heterocycles. The molecule has 124 valence electrons. The zero-order chi connectivity index (χ0) is 15.5. The minimum absolute atomic E-state index is 0. The maximum atomic E-state index is 12.5. The summed E-state index contributed by atoms with van der Waals surface area (Å²) in [6.07, 6.45) is -2.44. The summed E-state index contributed by atoms with van der Waals surface area (Å²) in [6.45, 7) is 1.15. The smallest absolute Gasteiger partial charge is 0.419 e. The van der Waals surface area contributed by atoms with Gasteiger partial charge in [0.25, 0.3) is 0 Å². The number of benzene rings is 1. The first kappa shape index (κ1) is 18.6. The van der Waals surface area contributed by atoms with E-state index in [0.29, 0.717) is 18.5 Å². The summed E-state index contributed by atoms with van der Waals surface area (Å²) in [5.74, 6) is -0.882. The summed E-state index contributed by atoms with van der Waals surface area (Å²) in [6, 6.07) is 3.07. The van der Waals surface area contributed by atoms with Gasteiger partial charge in [0.05, 0.1) is 11.6 Å². The molecule has 1 unspecified atom stereocenters. The lowest BCUT2D eigenvalue weighted by atomic mass is 10.1. The van der Waals surface area contributed by atoms with Gasteiger partial charge in [0.15, 0.2) is 0 Å². The number of hydrogen-bond donors (Lipinski definition) is 3. The zero-order valence-corrected chi connectivity index (χ0v) is 12.6. The van der Waals surface area contributed by atoms with Crippen molar-refractivity contribution >= 4 is 18.3 Å². The van der Waals surface area contributed by atoms with Crippen LogP contribution >= 0.6 is 12.4 Å². The van der Waals surface area contributed by atoms with Crippen molar-refractivity contribution in [3.63, 3.8) is 0 Å². The maximum absolute atomic E-state index is 12.5. The van der Waals surface area contributed by atoms with Gasteiger partial charge in [-0.15, -0.1) is 12.4 Å². The number of phenolic OH excluding ortho intramolecular Hbond substituents is 1. The van der Waals surface area contributed by atoms with Crippen LogP contribution in [0, 0.1) is 0 Å². The van der Waals surface area contributed by atoms with Gasteiger partial charge in [-0.25, -0.2) is 0 Å². The highest BCUT2D eigenvalue weighted by Crippen LogP contribution is 2.35. The average Bonchev–Trinajstić information content (AvgIpc) is 2.91. The summed E-state index contributed by atoms with van der Waals surface area (Å²) in [7, 11) is 0. The van der Waals surface area contributed by atoms with Crippen molar-refractivity contribution in [1.82, 2.24) is 10.6 Å². The monoisotopic (exact) mass is 338 g/mol. The van der Waals surface area contributed by atoms with Crippen molar-refractivity contribution in [3.05, 3.63) is 29.3 Å². The fraction of sp³-hybridized carbons (Fsp3) is 0.500. The van der Waals surface area contributed by atoms with Crippen LogP contribution in [0.25, 0.3) is 0 Å². The van der Waals surface area contributed by atoms with E-state index < -0.39 is 17.5 Å². The summed E-state index contributed by atoms with van der Waals surface area (Å²) < 4.78 is 37.5. The molecule has 3 N–H and O–H groups in total. The quantitative estimate of drug-likeness (QED) is 0.789. The molecule has 0 bridgehead atoms. The number of alkyl halides is 3. The molecule has 22 heavy (non-hydrogen) atoms. The number of carbonyl (C=O) groups is 1. The lowest BCUT2D eigenvalue weighted by Gasteiger charge is -2.12. The number of nitrogens with one attached hydrogen (secondary N) is 2. The first-order chi connectivity index (χ1) is 9.88. The predicted octanol–water partition coefficient (Wildman–Crippen LogP) is 2.24. The molecular weight excluding hydrogens is 321 g/mol. The van der Waals surface area contributed by atoms with Gasteiger partial charge < -0.3 is 15.7 Å². The van der Waals surface area contributed by atoms with Crippen LogP contribution in [-0.2, 0) is 17.4 Å². The highest BCUT2D eigenvalue weighted by Gasteiger charge is 2.33.